The average Bonchev–Trinajstić information content (AvgIpc) is 2.71. The molecule has 0 aliphatic carbocycles. The number of aromatic amines is 1. The smallest absolute Gasteiger partial charge is 0.305 e. The molecule has 0 aliphatic rings. The molecule has 4 aromatic rings. The highest BCUT2D eigenvalue weighted by atomic mass is 16.1. The van der Waals surface area contributed by atoms with Crippen molar-refractivity contribution in [2.24, 2.45) is 0 Å². The van der Waals surface area contributed by atoms with E-state index >= 15 is 0 Å². The van der Waals surface area contributed by atoms with Gasteiger partial charge in [0, 0.05) is 17.5 Å². The van der Waals surface area contributed by atoms with Crippen molar-refractivity contribution >= 4 is 0 Å². The van der Waals surface area contributed by atoms with E-state index in [4.69, 9.17) is 0 Å². The van der Waals surface area contributed by atoms with Crippen molar-refractivity contribution in [3.8, 4) is 22.5 Å². The van der Waals surface area contributed by atoms with E-state index in [1.807, 2.05) is 78.9 Å². The summed E-state index contributed by atoms with van der Waals surface area (Å²) in [5.41, 5.74) is 5.35. The van der Waals surface area contributed by atoms with Gasteiger partial charge in [-0.15, -0.1) is 0 Å². The maximum absolute atomic E-state index is 12.3. The van der Waals surface area contributed by atoms with Crippen LogP contribution in [0, 0.1) is 0 Å². The lowest BCUT2D eigenvalue weighted by Crippen LogP contribution is -2.16. The highest BCUT2D eigenvalue weighted by Crippen LogP contribution is 2.30. The van der Waals surface area contributed by atoms with Gasteiger partial charge in [-0.05, 0) is 11.1 Å². The first kappa shape index (κ1) is 16.0. The molecule has 0 fully saturated rings. The van der Waals surface area contributed by atoms with E-state index in [0.717, 1.165) is 28.1 Å². The first-order valence-corrected chi connectivity index (χ1v) is 8.59. The molecule has 1 aromatic heterocycles. The van der Waals surface area contributed by atoms with E-state index in [2.05, 4.69) is 22.1 Å². The molecule has 0 bridgehead atoms. The molecule has 4 rings (SSSR count). The zero-order valence-corrected chi connectivity index (χ0v) is 14.2. The van der Waals surface area contributed by atoms with Gasteiger partial charge >= 0.3 is 5.69 Å². The van der Waals surface area contributed by atoms with Gasteiger partial charge in [0.05, 0.1) is 11.4 Å². The first-order valence-electron chi connectivity index (χ1n) is 8.59. The third-order valence-corrected chi connectivity index (χ3v) is 4.37. The monoisotopic (exact) mass is 338 g/mol. The zero-order chi connectivity index (χ0) is 17.8. The molecule has 3 heteroatoms. The molecule has 126 valence electrons. The van der Waals surface area contributed by atoms with Crippen LogP contribution in [0.25, 0.3) is 22.5 Å². The van der Waals surface area contributed by atoms with Crippen LogP contribution in [0.2, 0.25) is 0 Å². The molecular weight excluding hydrogens is 320 g/mol. The Labute approximate surface area is 152 Å². The summed E-state index contributed by atoms with van der Waals surface area (Å²) in [6.45, 7) is 0. The number of nitrogens with one attached hydrogen (secondary N) is 1. The molecule has 0 radical (unpaired) electrons. The Bertz CT molecular complexity index is 992. The first-order chi connectivity index (χ1) is 12.8. The van der Waals surface area contributed by atoms with Crippen molar-refractivity contribution in [2.75, 3.05) is 0 Å². The Kier molecular flexibility index (Phi) is 4.44. The Morgan fingerprint density at radius 1 is 0.692 bits per heavy atom. The van der Waals surface area contributed by atoms with Crippen LogP contribution in [0.5, 0.6) is 0 Å². The maximum Gasteiger partial charge on any atom is 0.345 e. The Hall–Kier alpha value is -3.46. The number of hydrogen-bond donors (Lipinski definition) is 1. The number of hydrogen-bond acceptors (Lipinski definition) is 2. The van der Waals surface area contributed by atoms with Gasteiger partial charge in [0.2, 0.25) is 0 Å². The van der Waals surface area contributed by atoms with Crippen molar-refractivity contribution in [1.29, 1.82) is 0 Å². The van der Waals surface area contributed by atoms with Crippen molar-refractivity contribution in [3.05, 3.63) is 113 Å². The zero-order valence-electron chi connectivity index (χ0n) is 14.2. The van der Waals surface area contributed by atoms with Gasteiger partial charge < -0.3 is 4.98 Å². The lowest BCUT2D eigenvalue weighted by Gasteiger charge is -2.14. The second-order valence-corrected chi connectivity index (χ2v) is 6.14. The largest absolute Gasteiger partial charge is 0.345 e. The maximum atomic E-state index is 12.3. The summed E-state index contributed by atoms with van der Waals surface area (Å²) in [5, 5.41) is 0. The minimum Gasteiger partial charge on any atom is -0.305 e. The van der Waals surface area contributed by atoms with Crippen LogP contribution in [-0.4, -0.2) is 9.97 Å². The molecule has 0 saturated heterocycles. The number of aromatic nitrogens is 2. The fourth-order valence-electron chi connectivity index (χ4n) is 3.16. The summed E-state index contributed by atoms with van der Waals surface area (Å²) in [5.74, 6) is 0. The highest BCUT2D eigenvalue weighted by molar-refractivity contribution is 5.73. The van der Waals surface area contributed by atoms with Crippen LogP contribution in [0.4, 0.5) is 0 Å². The molecule has 3 nitrogen and oxygen atoms in total. The topological polar surface area (TPSA) is 45.8 Å². The third-order valence-electron chi connectivity index (χ3n) is 4.37. The Morgan fingerprint density at radius 3 is 1.85 bits per heavy atom. The number of H-pyrrole nitrogens is 1. The van der Waals surface area contributed by atoms with E-state index in [9.17, 15) is 4.79 Å². The van der Waals surface area contributed by atoms with Crippen LogP contribution in [0.15, 0.2) is 95.8 Å². The van der Waals surface area contributed by atoms with Crippen LogP contribution in [0.1, 0.15) is 11.1 Å². The van der Waals surface area contributed by atoms with Gasteiger partial charge in [-0.2, -0.15) is 4.98 Å². The summed E-state index contributed by atoms with van der Waals surface area (Å²) in [6, 6.07) is 30.1. The molecular formula is C23H18N2O. The molecule has 0 aliphatic heterocycles. The van der Waals surface area contributed by atoms with Gasteiger partial charge in [0.1, 0.15) is 0 Å². The molecule has 0 amide bonds. The predicted molar refractivity (Wildman–Crippen MR) is 105 cm³/mol. The van der Waals surface area contributed by atoms with Crippen LogP contribution < -0.4 is 5.69 Å². The molecule has 0 unspecified atom stereocenters. The molecule has 3 aromatic carbocycles. The molecule has 26 heavy (non-hydrogen) atoms. The van der Waals surface area contributed by atoms with Gasteiger partial charge in [0.25, 0.3) is 0 Å². The summed E-state index contributed by atoms with van der Waals surface area (Å²) in [4.78, 5) is 19.6. The van der Waals surface area contributed by atoms with E-state index < -0.39 is 0 Å². The molecule has 1 heterocycles. The van der Waals surface area contributed by atoms with Gasteiger partial charge in [-0.1, -0.05) is 91.0 Å². The quantitative estimate of drug-likeness (QED) is 0.586. The normalized spacial score (nSPS) is 10.6. The Morgan fingerprint density at radius 2 is 1.23 bits per heavy atom. The SMILES string of the molecule is O=c1nc(-c2ccccc2)c(Cc2ccccc2)c(-c2ccccc2)[nH]1. The van der Waals surface area contributed by atoms with Crippen molar-refractivity contribution in [3.63, 3.8) is 0 Å². The van der Waals surface area contributed by atoms with Crippen LogP contribution in [-0.2, 0) is 6.42 Å². The number of benzene rings is 3. The van der Waals surface area contributed by atoms with E-state index in [1.165, 1.54) is 5.56 Å². The third kappa shape index (κ3) is 3.33. The van der Waals surface area contributed by atoms with Crippen molar-refractivity contribution in [1.82, 2.24) is 9.97 Å². The second kappa shape index (κ2) is 7.19. The summed E-state index contributed by atoms with van der Waals surface area (Å²) in [6.07, 6.45) is 0.694. The van der Waals surface area contributed by atoms with Crippen LogP contribution >= 0.6 is 0 Å². The standard InChI is InChI=1S/C23H18N2O/c26-23-24-21(18-12-6-2-7-13-18)20(16-17-10-4-1-5-11-17)22(25-23)19-14-8-3-9-15-19/h1-15H,16H2,(H,24,25,26). The number of rotatable bonds is 4. The second-order valence-electron chi connectivity index (χ2n) is 6.14. The predicted octanol–water partition coefficient (Wildman–Crippen LogP) is 4.69. The average molecular weight is 338 g/mol. The highest BCUT2D eigenvalue weighted by Gasteiger charge is 2.16. The van der Waals surface area contributed by atoms with Crippen molar-refractivity contribution < 1.29 is 0 Å². The van der Waals surface area contributed by atoms with Gasteiger partial charge in [-0.3, -0.25) is 0 Å². The van der Waals surface area contributed by atoms with E-state index in [-0.39, 0.29) is 5.69 Å². The number of nitrogens with zero attached hydrogens (tertiary/aromatic N) is 1. The van der Waals surface area contributed by atoms with Gasteiger partial charge in [-0.25, -0.2) is 4.79 Å². The minimum absolute atomic E-state index is 0.334. The summed E-state index contributed by atoms with van der Waals surface area (Å²) in [7, 11) is 0. The molecule has 0 saturated carbocycles. The fraction of sp³-hybridized carbons (Fsp3) is 0.0435. The van der Waals surface area contributed by atoms with E-state index in [1.54, 1.807) is 0 Å². The van der Waals surface area contributed by atoms with Gasteiger partial charge in [0.15, 0.2) is 0 Å². The minimum atomic E-state index is -0.334. The van der Waals surface area contributed by atoms with Crippen LogP contribution in [0.3, 0.4) is 0 Å². The lowest BCUT2D eigenvalue weighted by molar-refractivity contribution is 1.03. The Balaban J connectivity index is 1.96. The van der Waals surface area contributed by atoms with E-state index in [0.29, 0.717) is 6.42 Å². The molecule has 0 spiro atoms. The summed E-state index contributed by atoms with van der Waals surface area (Å²) < 4.78 is 0. The fourth-order valence-corrected chi connectivity index (χ4v) is 3.16. The van der Waals surface area contributed by atoms with Crippen molar-refractivity contribution in [2.45, 2.75) is 6.42 Å². The molecule has 1 N–H and O–H groups in total. The molecule has 0 atom stereocenters. The summed E-state index contributed by atoms with van der Waals surface area (Å²) >= 11 is 0. The lowest BCUT2D eigenvalue weighted by atomic mass is 9.95.